The quantitative estimate of drug-likeness (QED) is 0.898. The maximum absolute atomic E-state index is 5.59. The van der Waals surface area contributed by atoms with Crippen LogP contribution in [0.3, 0.4) is 0 Å². The van der Waals surface area contributed by atoms with Gasteiger partial charge in [-0.1, -0.05) is 0 Å². The van der Waals surface area contributed by atoms with Crippen LogP contribution in [0.1, 0.15) is 18.7 Å². The zero-order chi connectivity index (χ0) is 13.1. The third-order valence-electron chi connectivity index (χ3n) is 3.59. The van der Waals surface area contributed by atoms with E-state index in [1.165, 1.54) is 31.6 Å². The van der Waals surface area contributed by atoms with E-state index in [1.807, 2.05) is 4.57 Å². The predicted molar refractivity (Wildman–Crippen MR) is 75.6 cm³/mol. The molecule has 1 saturated heterocycles. The Labute approximate surface area is 113 Å². The number of hydrogen-bond donors (Lipinski definition) is 1. The molecule has 0 unspecified atom stereocenters. The predicted octanol–water partition coefficient (Wildman–Crippen LogP) is 1.37. The number of benzene rings is 1. The summed E-state index contributed by atoms with van der Waals surface area (Å²) in [5.41, 5.74) is 7.98. The Kier molecular flexibility index (Phi) is 3.46. The topological polar surface area (TPSA) is 60.0 Å². The standard InChI is InChI=1S/C14H19N5/c15-8-7-14-17-16-11-19(14)13-5-3-12(4-6-13)18-9-1-2-10-18/h3-6,11H,1-2,7-10,15H2. The van der Waals surface area contributed by atoms with Crippen LogP contribution < -0.4 is 10.6 Å². The minimum absolute atomic E-state index is 0.588. The fourth-order valence-electron chi connectivity index (χ4n) is 2.57. The lowest BCUT2D eigenvalue weighted by Crippen LogP contribution is -2.17. The van der Waals surface area contributed by atoms with Crippen molar-refractivity contribution in [1.29, 1.82) is 0 Å². The highest BCUT2D eigenvalue weighted by atomic mass is 15.3. The van der Waals surface area contributed by atoms with E-state index in [0.717, 1.165) is 17.9 Å². The van der Waals surface area contributed by atoms with Gasteiger partial charge in [-0.15, -0.1) is 10.2 Å². The van der Waals surface area contributed by atoms with Gasteiger partial charge >= 0.3 is 0 Å². The zero-order valence-electron chi connectivity index (χ0n) is 11.0. The van der Waals surface area contributed by atoms with E-state index >= 15 is 0 Å². The van der Waals surface area contributed by atoms with Crippen molar-refractivity contribution in [3.63, 3.8) is 0 Å². The third-order valence-corrected chi connectivity index (χ3v) is 3.59. The van der Waals surface area contributed by atoms with Crippen LogP contribution in [0.4, 0.5) is 5.69 Å². The second-order valence-electron chi connectivity index (χ2n) is 4.87. The molecule has 0 amide bonds. The van der Waals surface area contributed by atoms with Gasteiger partial charge < -0.3 is 10.6 Å². The first kappa shape index (κ1) is 12.2. The fraction of sp³-hybridized carbons (Fsp3) is 0.429. The van der Waals surface area contributed by atoms with Crippen LogP contribution in [0.25, 0.3) is 5.69 Å². The van der Waals surface area contributed by atoms with Gasteiger partial charge in [-0.3, -0.25) is 4.57 Å². The van der Waals surface area contributed by atoms with Crippen LogP contribution in [0.5, 0.6) is 0 Å². The minimum atomic E-state index is 0.588. The Morgan fingerprint density at radius 2 is 1.74 bits per heavy atom. The first-order chi connectivity index (χ1) is 9.38. The second kappa shape index (κ2) is 5.40. The number of rotatable bonds is 4. The van der Waals surface area contributed by atoms with Gasteiger partial charge in [0.05, 0.1) is 0 Å². The summed E-state index contributed by atoms with van der Waals surface area (Å²) in [5, 5.41) is 8.07. The van der Waals surface area contributed by atoms with Crippen molar-refractivity contribution >= 4 is 5.69 Å². The average Bonchev–Trinajstić information content (AvgIpc) is 3.10. The zero-order valence-corrected chi connectivity index (χ0v) is 11.0. The molecule has 0 spiro atoms. The summed E-state index contributed by atoms with van der Waals surface area (Å²) in [6.07, 6.45) is 5.09. The van der Waals surface area contributed by atoms with Gasteiger partial charge in [0.2, 0.25) is 0 Å². The van der Waals surface area contributed by atoms with Gasteiger partial charge in [0.15, 0.2) is 0 Å². The molecule has 0 saturated carbocycles. The molecule has 1 aromatic carbocycles. The third kappa shape index (κ3) is 2.46. The monoisotopic (exact) mass is 257 g/mol. The normalized spacial score (nSPS) is 15.1. The van der Waals surface area contributed by atoms with E-state index in [2.05, 4.69) is 39.4 Å². The average molecular weight is 257 g/mol. The van der Waals surface area contributed by atoms with E-state index in [0.29, 0.717) is 6.54 Å². The van der Waals surface area contributed by atoms with Crippen molar-refractivity contribution in [2.24, 2.45) is 5.73 Å². The molecule has 3 rings (SSSR count). The minimum Gasteiger partial charge on any atom is -0.372 e. The van der Waals surface area contributed by atoms with Crippen molar-refractivity contribution in [3.8, 4) is 5.69 Å². The van der Waals surface area contributed by atoms with Gasteiger partial charge in [-0.2, -0.15) is 0 Å². The van der Waals surface area contributed by atoms with E-state index in [1.54, 1.807) is 6.33 Å². The summed E-state index contributed by atoms with van der Waals surface area (Å²) in [6.45, 7) is 2.93. The Hall–Kier alpha value is -1.88. The molecule has 0 atom stereocenters. The summed E-state index contributed by atoms with van der Waals surface area (Å²) >= 11 is 0. The Balaban J connectivity index is 1.83. The molecule has 1 aliphatic heterocycles. The number of nitrogens with two attached hydrogens (primary N) is 1. The number of hydrogen-bond acceptors (Lipinski definition) is 4. The molecule has 2 aromatic rings. The van der Waals surface area contributed by atoms with E-state index < -0.39 is 0 Å². The summed E-state index contributed by atoms with van der Waals surface area (Å²) < 4.78 is 2.00. The summed E-state index contributed by atoms with van der Waals surface area (Å²) in [7, 11) is 0. The molecule has 0 radical (unpaired) electrons. The van der Waals surface area contributed by atoms with Crippen LogP contribution in [0.15, 0.2) is 30.6 Å². The molecule has 2 N–H and O–H groups in total. The van der Waals surface area contributed by atoms with E-state index in [9.17, 15) is 0 Å². The highest BCUT2D eigenvalue weighted by Gasteiger charge is 2.12. The van der Waals surface area contributed by atoms with Gasteiger partial charge in [0.1, 0.15) is 12.2 Å². The molecule has 0 bridgehead atoms. The maximum atomic E-state index is 5.59. The maximum Gasteiger partial charge on any atom is 0.138 e. The van der Waals surface area contributed by atoms with E-state index in [4.69, 9.17) is 5.73 Å². The summed E-state index contributed by atoms with van der Waals surface area (Å²) in [6, 6.07) is 8.59. The first-order valence-corrected chi connectivity index (χ1v) is 6.83. The molecule has 5 nitrogen and oxygen atoms in total. The largest absolute Gasteiger partial charge is 0.372 e. The molecule has 2 heterocycles. The van der Waals surface area contributed by atoms with Gasteiger partial charge in [0.25, 0.3) is 0 Å². The van der Waals surface area contributed by atoms with Gasteiger partial charge in [-0.25, -0.2) is 0 Å². The molecule has 0 aliphatic carbocycles. The second-order valence-corrected chi connectivity index (χ2v) is 4.87. The lowest BCUT2D eigenvalue weighted by atomic mass is 10.2. The molecule has 1 aromatic heterocycles. The van der Waals surface area contributed by atoms with Crippen molar-refractivity contribution in [2.75, 3.05) is 24.5 Å². The Bertz CT molecular complexity index is 525. The lowest BCUT2D eigenvalue weighted by molar-refractivity contribution is 0.830. The molecular weight excluding hydrogens is 238 g/mol. The van der Waals surface area contributed by atoms with E-state index in [-0.39, 0.29) is 0 Å². The summed E-state index contributed by atoms with van der Waals surface area (Å²) in [5.74, 6) is 0.913. The molecular formula is C14H19N5. The van der Waals surface area contributed by atoms with Gasteiger partial charge in [-0.05, 0) is 43.7 Å². The van der Waals surface area contributed by atoms with Gasteiger partial charge in [0, 0.05) is 30.9 Å². The molecule has 5 heteroatoms. The van der Waals surface area contributed by atoms with Crippen LogP contribution in [0, 0.1) is 0 Å². The van der Waals surface area contributed by atoms with Crippen LogP contribution >= 0.6 is 0 Å². The van der Waals surface area contributed by atoms with Crippen LogP contribution in [-0.4, -0.2) is 34.4 Å². The van der Waals surface area contributed by atoms with Crippen LogP contribution in [0.2, 0.25) is 0 Å². The van der Waals surface area contributed by atoms with Crippen LogP contribution in [-0.2, 0) is 6.42 Å². The van der Waals surface area contributed by atoms with Crippen molar-refractivity contribution in [2.45, 2.75) is 19.3 Å². The Morgan fingerprint density at radius 1 is 1.05 bits per heavy atom. The Morgan fingerprint density at radius 3 is 2.42 bits per heavy atom. The number of aromatic nitrogens is 3. The molecule has 1 aliphatic rings. The molecule has 100 valence electrons. The number of anilines is 1. The first-order valence-electron chi connectivity index (χ1n) is 6.83. The number of nitrogens with zero attached hydrogens (tertiary/aromatic N) is 4. The SMILES string of the molecule is NCCc1nncn1-c1ccc(N2CCCC2)cc1. The highest BCUT2D eigenvalue weighted by molar-refractivity contribution is 5.51. The van der Waals surface area contributed by atoms with Crippen molar-refractivity contribution < 1.29 is 0 Å². The molecule has 1 fully saturated rings. The summed E-state index contributed by atoms with van der Waals surface area (Å²) in [4.78, 5) is 2.43. The smallest absolute Gasteiger partial charge is 0.138 e. The highest BCUT2D eigenvalue weighted by Crippen LogP contribution is 2.22. The van der Waals surface area contributed by atoms with Crippen molar-refractivity contribution in [1.82, 2.24) is 14.8 Å². The fourth-order valence-corrected chi connectivity index (χ4v) is 2.57. The molecule has 19 heavy (non-hydrogen) atoms. The lowest BCUT2D eigenvalue weighted by Gasteiger charge is -2.18. The van der Waals surface area contributed by atoms with Crippen molar-refractivity contribution in [3.05, 3.63) is 36.4 Å².